The van der Waals surface area contributed by atoms with E-state index >= 15 is 0 Å². The van der Waals surface area contributed by atoms with Gasteiger partial charge in [0.05, 0.1) is 0 Å². The van der Waals surface area contributed by atoms with Gasteiger partial charge in [0.25, 0.3) is 5.91 Å². The normalized spacial score (nSPS) is 15.0. The molecule has 1 aliphatic rings. The highest BCUT2D eigenvalue weighted by molar-refractivity contribution is 6.30. The first-order chi connectivity index (χ1) is 12.0. The number of likely N-dealkylation sites (tertiary alicyclic amines) is 1. The lowest BCUT2D eigenvalue weighted by atomic mass is 9.95. The quantitative estimate of drug-likeness (QED) is 0.913. The number of anilines is 1. The van der Waals surface area contributed by atoms with Crippen molar-refractivity contribution in [3.63, 3.8) is 0 Å². The molecule has 5 nitrogen and oxygen atoms in total. The van der Waals surface area contributed by atoms with Crippen LogP contribution >= 0.6 is 11.6 Å². The average Bonchev–Trinajstić information content (AvgIpc) is 2.62. The van der Waals surface area contributed by atoms with Gasteiger partial charge in [0.15, 0.2) is 0 Å². The van der Waals surface area contributed by atoms with Gasteiger partial charge >= 0.3 is 0 Å². The first-order valence-corrected chi connectivity index (χ1v) is 8.69. The molecule has 0 atom stereocenters. The molecule has 2 amide bonds. The number of carbonyl (C=O) groups is 2. The summed E-state index contributed by atoms with van der Waals surface area (Å²) >= 11 is 5.86. The fourth-order valence-corrected chi connectivity index (χ4v) is 3.08. The van der Waals surface area contributed by atoms with Crippen LogP contribution < -0.4 is 5.32 Å². The number of nitrogens with one attached hydrogen (secondary N) is 1. The molecular formula is C19H20ClN3O2. The van der Waals surface area contributed by atoms with Crippen LogP contribution in [-0.2, 0) is 4.79 Å². The van der Waals surface area contributed by atoms with E-state index in [-0.39, 0.29) is 17.7 Å². The maximum absolute atomic E-state index is 12.5. The fourth-order valence-electron chi connectivity index (χ4n) is 2.95. The summed E-state index contributed by atoms with van der Waals surface area (Å²) in [6.07, 6.45) is 2.98. The Labute approximate surface area is 152 Å². The largest absolute Gasteiger partial charge is 0.339 e. The monoisotopic (exact) mass is 357 g/mol. The number of pyridine rings is 1. The van der Waals surface area contributed by atoms with Crippen LogP contribution in [-0.4, -0.2) is 34.8 Å². The third-order valence-corrected chi connectivity index (χ3v) is 4.66. The van der Waals surface area contributed by atoms with Crippen molar-refractivity contribution >= 4 is 29.2 Å². The predicted molar refractivity (Wildman–Crippen MR) is 97.7 cm³/mol. The van der Waals surface area contributed by atoms with Crippen molar-refractivity contribution in [2.24, 2.45) is 5.92 Å². The van der Waals surface area contributed by atoms with Crippen LogP contribution in [0.1, 0.15) is 28.8 Å². The van der Waals surface area contributed by atoms with Gasteiger partial charge in [-0.2, -0.15) is 0 Å². The van der Waals surface area contributed by atoms with E-state index in [0.29, 0.717) is 42.3 Å². The van der Waals surface area contributed by atoms with Crippen molar-refractivity contribution in [1.82, 2.24) is 9.88 Å². The first kappa shape index (κ1) is 17.4. The highest BCUT2D eigenvalue weighted by Gasteiger charge is 2.28. The maximum atomic E-state index is 12.5. The topological polar surface area (TPSA) is 62.3 Å². The number of hydrogen-bond acceptors (Lipinski definition) is 3. The first-order valence-electron chi connectivity index (χ1n) is 8.31. The SMILES string of the molecule is Cc1ccnc(NC(=O)C2CCN(C(=O)c3ccc(Cl)cc3)CC2)c1. The number of amides is 2. The van der Waals surface area contributed by atoms with Gasteiger partial charge in [-0.25, -0.2) is 4.98 Å². The summed E-state index contributed by atoms with van der Waals surface area (Å²) in [6, 6.07) is 10.6. The molecule has 1 N–H and O–H groups in total. The summed E-state index contributed by atoms with van der Waals surface area (Å²) < 4.78 is 0. The molecule has 0 spiro atoms. The summed E-state index contributed by atoms with van der Waals surface area (Å²) in [5.74, 6) is 0.425. The lowest BCUT2D eigenvalue weighted by Gasteiger charge is -2.31. The van der Waals surface area contributed by atoms with Crippen LogP contribution in [0.15, 0.2) is 42.6 Å². The van der Waals surface area contributed by atoms with E-state index in [4.69, 9.17) is 11.6 Å². The number of benzene rings is 1. The number of rotatable bonds is 3. The highest BCUT2D eigenvalue weighted by atomic mass is 35.5. The zero-order valence-corrected chi connectivity index (χ0v) is 14.8. The van der Waals surface area contributed by atoms with Crippen LogP contribution in [0.4, 0.5) is 5.82 Å². The molecule has 1 aromatic heterocycles. The molecule has 0 aliphatic carbocycles. The van der Waals surface area contributed by atoms with Crippen molar-refractivity contribution in [2.75, 3.05) is 18.4 Å². The minimum absolute atomic E-state index is 0.0177. The van der Waals surface area contributed by atoms with E-state index in [1.54, 1.807) is 35.4 Å². The number of piperidine rings is 1. The molecule has 1 aliphatic heterocycles. The fraction of sp³-hybridized carbons (Fsp3) is 0.316. The molecule has 6 heteroatoms. The predicted octanol–water partition coefficient (Wildman–Crippen LogP) is 3.53. The van der Waals surface area contributed by atoms with Gasteiger partial charge < -0.3 is 10.2 Å². The molecule has 0 radical (unpaired) electrons. The Morgan fingerprint density at radius 2 is 1.84 bits per heavy atom. The number of halogens is 1. The molecule has 2 heterocycles. The Balaban J connectivity index is 1.55. The Kier molecular flexibility index (Phi) is 5.34. The zero-order valence-electron chi connectivity index (χ0n) is 14.0. The van der Waals surface area contributed by atoms with E-state index in [2.05, 4.69) is 10.3 Å². The van der Waals surface area contributed by atoms with Crippen molar-refractivity contribution in [3.8, 4) is 0 Å². The summed E-state index contributed by atoms with van der Waals surface area (Å²) in [7, 11) is 0. The Morgan fingerprint density at radius 3 is 2.48 bits per heavy atom. The van der Waals surface area contributed by atoms with Crippen LogP contribution in [0.3, 0.4) is 0 Å². The molecule has 25 heavy (non-hydrogen) atoms. The summed E-state index contributed by atoms with van der Waals surface area (Å²) in [6.45, 7) is 3.10. The Hall–Kier alpha value is -2.40. The maximum Gasteiger partial charge on any atom is 0.253 e. The van der Waals surface area contributed by atoms with Crippen molar-refractivity contribution in [1.29, 1.82) is 0 Å². The number of carbonyl (C=O) groups excluding carboxylic acids is 2. The third kappa shape index (κ3) is 4.37. The van der Waals surface area contributed by atoms with Crippen molar-refractivity contribution in [3.05, 3.63) is 58.7 Å². The van der Waals surface area contributed by atoms with Gasteiger partial charge in [0.1, 0.15) is 5.82 Å². The van der Waals surface area contributed by atoms with Gasteiger partial charge in [-0.15, -0.1) is 0 Å². The molecule has 1 aromatic carbocycles. The van der Waals surface area contributed by atoms with Gasteiger partial charge in [-0.1, -0.05) is 11.6 Å². The minimum Gasteiger partial charge on any atom is -0.339 e. The number of aromatic nitrogens is 1. The van der Waals surface area contributed by atoms with Crippen molar-refractivity contribution < 1.29 is 9.59 Å². The number of aryl methyl sites for hydroxylation is 1. The van der Waals surface area contributed by atoms with E-state index in [0.717, 1.165) is 5.56 Å². The number of hydrogen-bond donors (Lipinski definition) is 1. The molecule has 3 rings (SSSR count). The molecule has 0 saturated carbocycles. The zero-order chi connectivity index (χ0) is 17.8. The van der Waals surface area contributed by atoms with E-state index in [1.165, 1.54) is 0 Å². The van der Waals surface area contributed by atoms with Gasteiger partial charge in [0.2, 0.25) is 5.91 Å². The molecule has 0 bridgehead atoms. The second kappa shape index (κ2) is 7.66. The molecule has 0 unspecified atom stereocenters. The lowest BCUT2D eigenvalue weighted by Crippen LogP contribution is -2.41. The molecular weight excluding hydrogens is 338 g/mol. The minimum atomic E-state index is -0.100. The second-order valence-electron chi connectivity index (χ2n) is 6.28. The highest BCUT2D eigenvalue weighted by Crippen LogP contribution is 2.21. The molecule has 130 valence electrons. The van der Waals surface area contributed by atoms with Gasteiger partial charge in [0, 0.05) is 35.8 Å². The summed E-state index contributed by atoms with van der Waals surface area (Å²) in [4.78, 5) is 30.8. The summed E-state index contributed by atoms with van der Waals surface area (Å²) in [5.41, 5.74) is 1.67. The molecule has 1 fully saturated rings. The summed E-state index contributed by atoms with van der Waals surface area (Å²) in [5, 5.41) is 3.47. The van der Waals surface area contributed by atoms with Crippen LogP contribution in [0.5, 0.6) is 0 Å². The van der Waals surface area contributed by atoms with Crippen molar-refractivity contribution in [2.45, 2.75) is 19.8 Å². The third-order valence-electron chi connectivity index (χ3n) is 4.41. The van der Waals surface area contributed by atoms with Gasteiger partial charge in [-0.3, -0.25) is 9.59 Å². The van der Waals surface area contributed by atoms with Crippen LogP contribution in [0.2, 0.25) is 5.02 Å². The molecule has 1 saturated heterocycles. The Bertz CT molecular complexity index is 768. The smallest absolute Gasteiger partial charge is 0.253 e. The standard InChI is InChI=1S/C19H20ClN3O2/c1-13-6-9-21-17(12-13)22-18(24)14-7-10-23(11-8-14)19(25)15-2-4-16(20)5-3-15/h2-6,9,12,14H,7-8,10-11H2,1H3,(H,21,22,24). The van der Waals surface area contributed by atoms with E-state index in [1.807, 2.05) is 19.1 Å². The molecule has 2 aromatic rings. The number of nitrogens with zero attached hydrogens (tertiary/aromatic N) is 2. The van der Waals surface area contributed by atoms with Crippen LogP contribution in [0, 0.1) is 12.8 Å². The van der Waals surface area contributed by atoms with Gasteiger partial charge in [-0.05, 0) is 61.7 Å². The van der Waals surface area contributed by atoms with Crippen LogP contribution in [0.25, 0.3) is 0 Å². The second-order valence-corrected chi connectivity index (χ2v) is 6.72. The van der Waals surface area contributed by atoms with E-state index in [9.17, 15) is 9.59 Å². The van der Waals surface area contributed by atoms with E-state index < -0.39 is 0 Å². The average molecular weight is 358 g/mol. The Morgan fingerprint density at radius 1 is 1.16 bits per heavy atom. The lowest BCUT2D eigenvalue weighted by molar-refractivity contribution is -0.121.